The first-order valence-corrected chi connectivity index (χ1v) is 30.3. The SMILES string of the molecule is Cc1nc(C(=O)N2CCC[C@@H]2N(C=O)[C@H](CCC2CCCCC2)C(=O)N[C@H](CC(C)C)C(=O)NC(C)(C)C(=O)N[C@H](CC(C)C)C(=O)N[C@H](CC(C)C)C(=O)NC(C)(C)C(=O)NC(C)(C)C(=O)NCCC(=O)NC2(CN(C)C)CCC2)co1. The van der Waals surface area contributed by atoms with Crippen LogP contribution < -0.4 is 42.5 Å². The van der Waals surface area contributed by atoms with Gasteiger partial charge < -0.3 is 61.7 Å². The smallest absolute Gasteiger partial charge is 0.277 e. The van der Waals surface area contributed by atoms with Crippen molar-refractivity contribution in [3.8, 4) is 0 Å². The van der Waals surface area contributed by atoms with Crippen LogP contribution in [0.3, 0.4) is 0 Å². The van der Waals surface area contributed by atoms with Gasteiger partial charge in [-0.25, -0.2) is 4.98 Å². The van der Waals surface area contributed by atoms with Crippen molar-refractivity contribution in [2.75, 3.05) is 33.7 Å². The monoisotopic (exact) mass is 1170 g/mol. The number of hydrogen-bond acceptors (Lipinski definition) is 13. The molecule has 3 aliphatic rings. The minimum atomic E-state index is -1.65. The molecular formula is C60H102N12O11. The number of aryl methyl sites for hydroxylation is 1. The topological polar surface area (TPSA) is 303 Å². The summed E-state index contributed by atoms with van der Waals surface area (Å²) in [6.07, 6.45) is 11.7. The van der Waals surface area contributed by atoms with E-state index in [9.17, 15) is 47.9 Å². The summed E-state index contributed by atoms with van der Waals surface area (Å²) in [7, 11) is 3.91. The fourth-order valence-electron chi connectivity index (χ4n) is 11.3. The van der Waals surface area contributed by atoms with E-state index >= 15 is 0 Å². The zero-order chi connectivity index (χ0) is 62.2. The second-order valence-corrected chi connectivity index (χ2v) is 26.8. The molecule has 2 saturated carbocycles. The maximum Gasteiger partial charge on any atom is 0.277 e. The van der Waals surface area contributed by atoms with Gasteiger partial charge >= 0.3 is 0 Å². The second-order valence-electron chi connectivity index (χ2n) is 26.8. The average molecular weight is 1170 g/mol. The van der Waals surface area contributed by atoms with Crippen LogP contribution in [0.2, 0.25) is 0 Å². The first-order valence-electron chi connectivity index (χ1n) is 30.3. The van der Waals surface area contributed by atoms with Crippen molar-refractivity contribution < 1.29 is 52.4 Å². The Labute approximate surface area is 493 Å². The minimum absolute atomic E-state index is 0.0467. The molecule has 1 aliphatic heterocycles. The van der Waals surface area contributed by atoms with Crippen LogP contribution in [0.25, 0.3) is 0 Å². The number of amides is 10. The largest absolute Gasteiger partial charge is 0.448 e. The van der Waals surface area contributed by atoms with Crippen LogP contribution in [0, 0.1) is 30.6 Å². The van der Waals surface area contributed by atoms with E-state index in [1.54, 1.807) is 6.92 Å². The van der Waals surface area contributed by atoms with Crippen molar-refractivity contribution in [1.82, 2.24) is 62.2 Å². The molecule has 0 radical (unpaired) electrons. The van der Waals surface area contributed by atoms with E-state index in [4.69, 9.17) is 4.42 Å². The van der Waals surface area contributed by atoms with E-state index in [1.807, 2.05) is 60.5 Å². The third-order valence-corrected chi connectivity index (χ3v) is 16.0. The summed E-state index contributed by atoms with van der Waals surface area (Å²) < 4.78 is 5.32. The van der Waals surface area contributed by atoms with Crippen molar-refractivity contribution in [1.29, 1.82) is 0 Å². The van der Waals surface area contributed by atoms with Gasteiger partial charge in [-0.2, -0.15) is 0 Å². The lowest BCUT2D eigenvalue weighted by atomic mass is 9.76. The molecule has 2 aliphatic carbocycles. The number of carbonyl (C=O) groups excluding carboxylic acids is 10. The van der Waals surface area contributed by atoms with E-state index in [0.717, 1.165) is 57.9 Å². The van der Waals surface area contributed by atoms with E-state index in [1.165, 1.54) is 57.6 Å². The van der Waals surface area contributed by atoms with Crippen LogP contribution in [-0.2, 0) is 43.2 Å². The summed E-state index contributed by atoms with van der Waals surface area (Å²) in [4.78, 5) is 148. The molecule has 4 rings (SSSR count). The maximum absolute atomic E-state index is 14.7. The molecule has 83 heavy (non-hydrogen) atoms. The molecule has 2 heterocycles. The predicted octanol–water partition coefficient (Wildman–Crippen LogP) is 4.12. The Hall–Kier alpha value is -6.13. The molecular weight excluding hydrogens is 1060 g/mol. The highest BCUT2D eigenvalue weighted by molar-refractivity contribution is 6.00. The molecule has 1 aromatic heterocycles. The Balaban J connectivity index is 1.44. The second kappa shape index (κ2) is 30.6. The van der Waals surface area contributed by atoms with E-state index in [2.05, 4.69) is 47.5 Å². The number of oxazole rings is 1. The van der Waals surface area contributed by atoms with Gasteiger partial charge in [-0.1, -0.05) is 73.6 Å². The quantitative estimate of drug-likeness (QED) is 0.0472. The van der Waals surface area contributed by atoms with Crippen molar-refractivity contribution in [3.63, 3.8) is 0 Å². The van der Waals surface area contributed by atoms with Crippen LogP contribution in [0.4, 0.5) is 0 Å². The van der Waals surface area contributed by atoms with Gasteiger partial charge in [0.25, 0.3) is 5.91 Å². The molecule has 5 atom stereocenters. The number of carbonyl (C=O) groups is 10. The van der Waals surface area contributed by atoms with Crippen LogP contribution >= 0.6 is 0 Å². The number of nitrogens with one attached hydrogen (secondary N) is 8. The van der Waals surface area contributed by atoms with Gasteiger partial charge in [0.1, 0.15) is 53.2 Å². The van der Waals surface area contributed by atoms with Crippen LogP contribution in [0.15, 0.2) is 10.7 Å². The first kappa shape index (κ1) is 69.4. The third kappa shape index (κ3) is 20.9. The van der Waals surface area contributed by atoms with Gasteiger partial charge in [-0.15, -0.1) is 0 Å². The molecule has 0 bridgehead atoms. The Kier molecular flexibility index (Phi) is 25.6. The fourth-order valence-corrected chi connectivity index (χ4v) is 11.3. The highest BCUT2D eigenvalue weighted by Crippen LogP contribution is 2.33. The number of likely N-dealkylation sites (tertiary alicyclic amines) is 1. The third-order valence-electron chi connectivity index (χ3n) is 16.0. The lowest BCUT2D eigenvalue weighted by Crippen LogP contribution is -2.65. The maximum atomic E-state index is 14.7. The summed E-state index contributed by atoms with van der Waals surface area (Å²) in [6, 6.07) is -4.53. The minimum Gasteiger partial charge on any atom is -0.448 e. The Bertz CT molecular complexity index is 2410. The Morgan fingerprint density at radius 3 is 1.71 bits per heavy atom. The first-order chi connectivity index (χ1) is 38.7. The van der Waals surface area contributed by atoms with Crippen molar-refractivity contribution >= 4 is 59.6 Å². The van der Waals surface area contributed by atoms with Crippen LogP contribution in [0.1, 0.15) is 202 Å². The summed E-state index contributed by atoms with van der Waals surface area (Å²) in [5, 5.41) is 22.7. The molecule has 468 valence electrons. The molecule has 0 unspecified atom stereocenters. The zero-order valence-electron chi connectivity index (χ0n) is 52.6. The van der Waals surface area contributed by atoms with E-state index in [-0.39, 0.29) is 67.1 Å². The zero-order valence-corrected chi connectivity index (χ0v) is 52.6. The summed E-state index contributed by atoms with van der Waals surface area (Å²) >= 11 is 0. The van der Waals surface area contributed by atoms with Crippen LogP contribution in [0.5, 0.6) is 0 Å². The molecule has 1 saturated heterocycles. The van der Waals surface area contributed by atoms with Crippen molar-refractivity contribution in [2.24, 2.45) is 23.7 Å². The summed E-state index contributed by atoms with van der Waals surface area (Å²) in [5.74, 6) is -4.80. The van der Waals surface area contributed by atoms with Gasteiger partial charge in [0.05, 0.1) is 5.54 Å². The number of aromatic nitrogens is 1. The number of likely N-dealkylation sites (N-methyl/N-ethyl adjacent to an activating group) is 1. The highest BCUT2D eigenvalue weighted by atomic mass is 16.3. The molecule has 23 nitrogen and oxygen atoms in total. The number of hydrogen-bond donors (Lipinski definition) is 8. The van der Waals surface area contributed by atoms with E-state index < -0.39 is 94.2 Å². The van der Waals surface area contributed by atoms with Crippen molar-refractivity contribution in [2.45, 2.75) is 245 Å². The lowest BCUT2D eigenvalue weighted by Gasteiger charge is -2.44. The summed E-state index contributed by atoms with van der Waals surface area (Å²) in [6.45, 7) is 22.9. The standard InChI is InChI=1S/C60H102N12O11/c1-37(2)31-42(49(75)63-43(32-38(3)4)50(76)68-59(12,13)56(82)69-57(8,9)54(80)61-29-26-47(74)66-60(27-20-28-60)35-70(14)15)65-55(81)58(10,11)67-51(77)44(33-39(5)6)64-52(78)46(25-24-41-21-17-16-18-22-41)72(36-73)48-23-19-30-71(48)53(79)45-34-83-40(7)62-45/h34,36-39,41-44,46,48H,16-33,35H2,1-15H3,(H,61,80)(H,63,75)(H,64,78)(H,65,81)(H,66,74)(H,67,77)(H,68,76)(H,69,82)/t42-,43-,44-,46-,48+/m1/s1. The van der Waals surface area contributed by atoms with Crippen molar-refractivity contribution in [3.05, 3.63) is 17.8 Å². The van der Waals surface area contributed by atoms with Gasteiger partial charge in [0.2, 0.25) is 53.7 Å². The summed E-state index contributed by atoms with van der Waals surface area (Å²) in [5.41, 5.74) is -4.86. The fraction of sp³-hybridized carbons (Fsp3) is 0.783. The molecule has 23 heteroatoms. The molecule has 1 aromatic rings. The number of nitrogens with zero attached hydrogens (tertiary/aromatic N) is 4. The normalized spacial score (nSPS) is 18.1. The Morgan fingerprint density at radius 2 is 1.22 bits per heavy atom. The predicted molar refractivity (Wildman–Crippen MR) is 315 cm³/mol. The molecule has 0 aromatic carbocycles. The molecule has 10 amide bonds. The van der Waals surface area contributed by atoms with Gasteiger partial charge in [0.15, 0.2) is 11.6 Å². The van der Waals surface area contributed by atoms with Gasteiger partial charge in [0, 0.05) is 33.0 Å². The van der Waals surface area contributed by atoms with Crippen LogP contribution in [-0.4, -0.2) is 165 Å². The lowest BCUT2D eigenvalue weighted by molar-refractivity contribution is -0.141. The van der Waals surface area contributed by atoms with Gasteiger partial charge in [-0.05, 0) is 144 Å². The molecule has 0 spiro atoms. The number of rotatable bonds is 32. The Morgan fingerprint density at radius 1 is 0.687 bits per heavy atom. The average Bonchev–Trinajstić information content (AvgIpc) is 4.08. The molecule has 3 fully saturated rings. The van der Waals surface area contributed by atoms with E-state index in [0.29, 0.717) is 50.4 Å². The molecule has 8 N–H and O–H groups in total. The highest BCUT2D eigenvalue weighted by Gasteiger charge is 2.44. The van der Waals surface area contributed by atoms with Gasteiger partial charge in [-0.3, -0.25) is 47.9 Å².